The van der Waals surface area contributed by atoms with Gasteiger partial charge in [-0.15, -0.1) is 0 Å². The van der Waals surface area contributed by atoms with E-state index in [0.717, 1.165) is 16.5 Å². The Labute approximate surface area is 156 Å². The van der Waals surface area contributed by atoms with Gasteiger partial charge in [-0.05, 0) is 35.9 Å². The zero-order valence-electron chi connectivity index (χ0n) is 15.1. The number of nitrogens with zero attached hydrogens (tertiary/aromatic N) is 1. The van der Waals surface area contributed by atoms with E-state index in [1.54, 1.807) is 55.2 Å². The second-order valence-corrected chi connectivity index (χ2v) is 5.92. The topological polar surface area (TPSA) is 60.7 Å². The minimum Gasteiger partial charge on any atom is -0.493 e. The van der Waals surface area contributed by atoms with Crippen LogP contribution in [0.5, 0.6) is 11.5 Å². The molecular formula is C21H20FNO4. The number of aliphatic hydroxyl groups is 1. The first-order valence-corrected chi connectivity index (χ1v) is 8.41. The molecule has 0 amide bonds. The number of ketones is 1. The van der Waals surface area contributed by atoms with Crippen molar-refractivity contribution in [1.29, 1.82) is 0 Å². The molecule has 0 aliphatic heterocycles. The van der Waals surface area contributed by atoms with Crippen LogP contribution in [0, 0.1) is 5.82 Å². The fraction of sp³-hybridized carbons (Fsp3) is 0.190. The second kappa shape index (κ2) is 8.05. The highest BCUT2D eigenvalue weighted by Gasteiger charge is 2.16. The lowest BCUT2D eigenvalue weighted by molar-refractivity contribution is 0.103. The summed E-state index contributed by atoms with van der Waals surface area (Å²) in [4.78, 5) is 12.7. The van der Waals surface area contributed by atoms with Crippen LogP contribution in [0.25, 0.3) is 17.0 Å². The molecule has 1 N–H and O–H groups in total. The van der Waals surface area contributed by atoms with E-state index < -0.39 is 0 Å². The van der Waals surface area contributed by atoms with E-state index in [0.29, 0.717) is 17.2 Å². The number of allylic oxidation sites excluding steroid dienone is 1. The molecular weight excluding hydrogens is 349 g/mol. The monoisotopic (exact) mass is 369 g/mol. The summed E-state index contributed by atoms with van der Waals surface area (Å²) in [5.41, 5.74) is 1.92. The molecule has 27 heavy (non-hydrogen) atoms. The molecule has 5 nitrogen and oxygen atoms in total. The van der Waals surface area contributed by atoms with Crippen LogP contribution in [0.1, 0.15) is 16.1 Å². The molecule has 0 bridgehead atoms. The average molecular weight is 369 g/mol. The summed E-state index contributed by atoms with van der Waals surface area (Å²) in [6.45, 7) is 0.157. The molecule has 0 saturated carbocycles. The summed E-state index contributed by atoms with van der Waals surface area (Å²) in [5.74, 6) is 0.557. The van der Waals surface area contributed by atoms with E-state index in [4.69, 9.17) is 9.47 Å². The minimum atomic E-state index is -0.329. The van der Waals surface area contributed by atoms with Crippen molar-refractivity contribution in [2.24, 2.45) is 0 Å². The number of rotatable bonds is 7. The molecule has 2 aromatic carbocycles. The predicted molar refractivity (Wildman–Crippen MR) is 102 cm³/mol. The third-order valence-electron chi connectivity index (χ3n) is 4.28. The van der Waals surface area contributed by atoms with E-state index in [2.05, 4.69) is 0 Å². The van der Waals surface area contributed by atoms with Gasteiger partial charge >= 0.3 is 0 Å². The molecule has 0 saturated heterocycles. The maximum Gasteiger partial charge on any atom is 0.202 e. The fourth-order valence-electron chi connectivity index (χ4n) is 2.96. The highest BCUT2D eigenvalue weighted by molar-refractivity contribution is 6.08. The summed E-state index contributed by atoms with van der Waals surface area (Å²) in [7, 11) is 3.09. The normalized spacial score (nSPS) is 11.3. The Hall–Kier alpha value is -3.12. The van der Waals surface area contributed by atoms with Gasteiger partial charge in [0.15, 0.2) is 11.5 Å². The van der Waals surface area contributed by atoms with E-state index >= 15 is 0 Å². The predicted octanol–water partition coefficient (Wildman–Crippen LogP) is 3.69. The standard InChI is InChI=1S/C21H20FNO4/c1-26-20-12-15-11-18(23(9-10-24)17(15)13-21(20)27-2)19(25)8-5-14-3-6-16(22)7-4-14/h3-8,11-13,24H,9-10H2,1-2H3/b8-5+. The zero-order chi connectivity index (χ0) is 19.4. The van der Waals surface area contributed by atoms with Gasteiger partial charge in [-0.3, -0.25) is 4.79 Å². The van der Waals surface area contributed by atoms with E-state index in [-0.39, 0.29) is 24.8 Å². The summed E-state index contributed by atoms with van der Waals surface area (Å²) in [6, 6.07) is 11.2. The smallest absolute Gasteiger partial charge is 0.202 e. The number of carbonyl (C=O) groups is 1. The molecule has 0 unspecified atom stereocenters. The molecule has 0 spiro atoms. The molecule has 6 heteroatoms. The van der Waals surface area contributed by atoms with Gasteiger partial charge in [0.25, 0.3) is 0 Å². The maximum atomic E-state index is 13.0. The Bertz CT molecular complexity index is 990. The van der Waals surface area contributed by atoms with Gasteiger partial charge in [0, 0.05) is 18.0 Å². The first kappa shape index (κ1) is 18.7. The first-order chi connectivity index (χ1) is 13.1. The van der Waals surface area contributed by atoms with Crippen LogP contribution >= 0.6 is 0 Å². The number of halogens is 1. The third kappa shape index (κ3) is 3.85. The molecule has 0 aliphatic rings. The largest absolute Gasteiger partial charge is 0.493 e. The van der Waals surface area contributed by atoms with Crippen LogP contribution < -0.4 is 9.47 Å². The van der Waals surface area contributed by atoms with Gasteiger partial charge in [-0.2, -0.15) is 0 Å². The summed E-state index contributed by atoms with van der Waals surface area (Å²) >= 11 is 0. The van der Waals surface area contributed by atoms with Gasteiger partial charge in [0.05, 0.1) is 32.0 Å². The lowest BCUT2D eigenvalue weighted by atomic mass is 10.1. The molecule has 3 aromatic rings. The fourth-order valence-corrected chi connectivity index (χ4v) is 2.96. The number of methoxy groups -OCH3 is 2. The molecule has 0 radical (unpaired) electrons. The minimum absolute atomic E-state index is 0.111. The zero-order valence-corrected chi connectivity index (χ0v) is 15.1. The molecule has 0 fully saturated rings. The number of hydrogen-bond acceptors (Lipinski definition) is 4. The summed E-state index contributed by atoms with van der Waals surface area (Å²) < 4.78 is 25.4. The van der Waals surface area contributed by atoms with Gasteiger partial charge < -0.3 is 19.1 Å². The quantitative estimate of drug-likeness (QED) is 0.510. The molecule has 3 rings (SSSR count). The Morgan fingerprint density at radius 2 is 1.78 bits per heavy atom. The highest BCUT2D eigenvalue weighted by Crippen LogP contribution is 2.34. The number of aromatic nitrogens is 1. The number of carbonyl (C=O) groups excluding carboxylic acids is 1. The van der Waals surface area contributed by atoms with Gasteiger partial charge in [-0.25, -0.2) is 4.39 Å². The Morgan fingerprint density at radius 3 is 2.41 bits per heavy atom. The van der Waals surface area contributed by atoms with Gasteiger partial charge in [0.1, 0.15) is 5.82 Å². The van der Waals surface area contributed by atoms with Crippen molar-refractivity contribution in [3.8, 4) is 11.5 Å². The van der Waals surface area contributed by atoms with Gasteiger partial charge in [0.2, 0.25) is 5.78 Å². The molecule has 140 valence electrons. The average Bonchev–Trinajstić information content (AvgIpc) is 3.04. The van der Waals surface area contributed by atoms with E-state index in [9.17, 15) is 14.3 Å². The number of hydrogen-bond donors (Lipinski definition) is 1. The molecule has 0 aliphatic carbocycles. The Kier molecular flexibility index (Phi) is 5.57. The highest BCUT2D eigenvalue weighted by atomic mass is 19.1. The van der Waals surface area contributed by atoms with Crippen molar-refractivity contribution in [3.63, 3.8) is 0 Å². The lowest BCUT2D eigenvalue weighted by Gasteiger charge is -2.10. The van der Waals surface area contributed by atoms with Crippen molar-refractivity contribution in [2.45, 2.75) is 6.54 Å². The maximum absolute atomic E-state index is 13.0. The first-order valence-electron chi connectivity index (χ1n) is 8.41. The van der Waals surface area contributed by atoms with Crippen molar-refractivity contribution >= 4 is 22.8 Å². The number of aliphatic hydroxyl groups excluding tert-OH is 1. The molecule has 0 atom stereocenters. The van der Waals surface area contributed by atoms with Crippen LogP contribution in [0.15, 0.2) is 48.5 Å². The van der Waals surface area contributed by atoms with Gasteiger partial charge in [-0.1, -0.05) is 18.2 Å². The molecule has 1 heterocycles. The Balaban J connectivity index is 2.02. The van der Waals surface area contributed by atoms with Crippen molar-refractivity contribution in [2.75, 3.05) is 20.8 Å². The van der Waals surface area contributed by atoms with Crippen LogP contribution in [-0.4, -0.2) is 36.3 Å². The summed E-state index contributed by atoms with van der Waals surface area (Å²) in [5, 5.41) is 10.2. The van der Waals surface area contributed by atoms with Crippen LogP contribution in [-0.2, 0) is 6.54 Å². The SMILES string of the molecule is COc1cc2cc(C(=O)/C=C/c3ccc(F)cc3)n(CCO)c2cc1OC. The third-order valence-corrected chi connectivity index (χ3v) is 4.28. The van der Waals surface area contributed by atoms with E-state index in [1.165, 1.54) is 18.2 Å². The van der Waals surface area contributed by atoms with Crippen LogP contribution in [0.2, 0.25) is 0 Å². The van der Waals surface area contributed by atoms with Crippen molar-refractivity contribution in [1.82, 2.24) is 4.57 Å². The second-order valence-electron chi connectivity index (χ2n) is 5.92. The van der Waals surface area contributed by atoms with Crippen molar-refractivity contribution in [3.05, 3.63) is 65.6 Å². The number of benzene rings is 2. The van der Waals surface area contributed by atoms with E-state index in [1.807, 2.05) is 0 Å². The van der Waals surface area contributed by atoms with Crippen molar-refractivity contribution < 1.29 is 23.8 Å². The Morgan fingerprint density at radius 1 is 1.11 bits per heavy atom. The van der Waals surface area contributed by atoms with Crippen LogP contribution in [0.4, 0.5) is 4.39 Å². The number of ether oxygens (including phenoxy) is 2. The number of fused-ring (bicyclic) bond motifs is 1. The molecule has 1 aromatic heterocycles. The van der Waals surface area contributed by atoms with Crippen LogP contribution in [0.3, 0.4) is 0 Å². The summed E-state index contributed by atoms with van der Waals surface area (Å²) in [6.07, 6.45) is 3.06. The lowest BCUT2D eigenvalue weighted by Crippen LogP contribution is -2.09.